The number of nitro groups is 1. The summed E-state index contributed by atoms with van der Waals surface area (Å²) in [6.07, 6.45) is 0.535. The number of non-ortho nitro benzene ring substituents is 1. The zero-order valence-electron chi connectivity index (χ0n) is 11.2. The van der Waals surface area contributed by atoms with E-state index in [0.717, 1.165) is 0 Å². The van der Waals surface area contributed by atoms with Crippen LogP contribution in [0.3, 0.4) is 0 Å². The Morgan fingerprint density at radius 1 is 1.32 bits per heavy atom. The Morgan fingerprint density at radius 2 is 2.00 bits per heavy atom. The smallest absolute Gasteiger partial charge is 0.270 e. The Hall–Kier alpha value is -1.95. The molecular formula is C13H17NO5. The third-order valence-corrected chi connectivity index (χ3v) is 2.21. The van der Waals surface area contributed by atoms with Crippen LogP contribution in [0, 0.1) is 10.1 Å². The van der Waals surface area contributed by atoms with Crippen LogP contribution >= 0.6 is 0 Å². The number of benzene rings is 1. The molecule has 1 rings (SSSR count). The molecule has 1 aromatic rings. The third-order valence-electron chi connectivity index (χ3n) is 2.21. The summed E-state index contributed by atoms with van der Waals surface area (Å²) >= 11 is 0. The van der Waals surface area contributed by atoms with Gasteiger partial charge < -0.3 is 9.47 Å². The van der Waals surface area contributed by atoms with E-state index in [1.54, 1.807) is 0 Å². The van der Waals surface area contributed by atoms with Crippen LogP contribution in [0.25, 0.3) is 0 Å². The highest BCUT2D eigenvalue weighted by Crippen LogP contribution is 2.22. The van der Waals surface area contributed by atoms with Crippen molar-refractivity contribution in [3.05, 3.63) is 33.9 Å². The predicted octanol–water partition coefficient (Wildman–Crippen LogP) is 2.60. The number of hydrogen-bond donors (Lipinski definition) is 0. The van der Waals surface area contributed by atoms with Crippen molar-refractivity contribution in [2.75, 3.05) is 13.2 Å². The zero-order chi connectivity index (χ0) is 14.5. The zero-order valence-corrected chi connectivity index (χ0v) is 11.2. The van der Waals surface area contributed by atoms with E-state index < -0.39 is 4.92 Å². The molecule has 0 bridgehead atoms. The molecule has 0 spiro atoms. The van der Waals surface area contributed by atoms with Gasteiger partial charge in [0, 0.05) is 12.1 Å². The van der Waals surface area contributed by atoms with Crippen LogP contribution in [0.15, 0.2) is 18.2 Å². The van der Waals surface area contributed by atoms with Gasteiger partial charge in [0.15, 0.2) is 6.29 Å². The van der Waals surface area contributed by atoms with Crippen molar-refractivity contribution in [3.63, 3.8) is 0 Å². The Balaban J connectivity index is 2.63. The van der Waals surface area contributed by atoms with Crippen LogP contribution in [0.1, 0.15) is 31.1 Å². The van der Waals surface area contributed by atoms with E-state index in [-0.39, 0.29) is 23.5 Å². The minimum atomic E-state index is -0.556. The van der Waals surface area contributed by atoms with Crippen LogP contribution in [-0.4, -0.2) is 30.0 Å². The fraction of sp³-hybridized carbons (Fsp3) is 0.462. The van der Waals surface area contributed by atoms with Crippen LogP contribution in [-0.2, 0) is 4.74 Å². The van der Waals surface area contributed by atoms with Gasteiger partial charge in [-0.25, -0.2) is 0 Å². The van der Waals surface area contributed by atoms with Crippen molar-refractivity contribution in [3.8, 4) is 5.75 Å². The summed E-state index contributed by atoms with van der Waals surface area (Å²) in [5.74, 6) is 0.318. The minimum absolute atomic E-state index is 0.139. The fourth-order valence-corrected chi connectivity index (χ4v) is 1.37. The first-order valence-corrected chi connectivity index (χ1v) is 5.84. The molecule has 0 saturated carbocycles. The lowest BCUT2D eigenvalue weighted by Gasteiger charge is -2.19. The summed E-state index contributed by atoms with van der Waals surface area (Å²) in [7, 11) is 0. The van der Waals surface area contributed by atoms with Gasteiger partial charge in [-0.2, -0.15) is 0 Å². The normalized spacial score (nSPS) is 11.1. The second-order valence-electron chi connectivity index (χ2n) is 4.91. The van der Waals surface area contributed by atoms with Crippen molar-refractivity contribution < 1.29 is 19.2 Å². The van der Waals surface area contributed by atoms with E-state index in [4.69, 9.17) is 9.47 Å². The molecule has 104 valence electrons. The summed E-state index contributed by atoms with van der Waals surface area (Å²) in [6, 6.07) is 3.90. The monoisotopic (exact) mass is 267 g/mol. The molecule has 19 heavy (non-hydrogen) atoms. The molecule has 0 fully saturated rings. The highest BCUT2D eigenvalue weighted by Gasteiger charge is 2.12. The van der Waals surface area contributed by atoms with E-state index in [2.05, 4.69) is 0 Å². The number of rotatable bonds is 6. The Bertz CT molecular complexity index is 465. The van der Waals surface area contributed by atoms with Crippen molar-refractivity contribution in [1.82, 2.24) is 0 Å². The van der Waals surface area contributed by atoms with Gasteiger partial charge in [0.1, 0.15) is 12.4 Å². The van der Waals surface area contributed by atoms with Crippen molar-refractivity contribution in [2.45, 2.75) is 26.4 Å². The third kappa shape index (κ3) is 5.05. The Morgan fingerprint density at radius 3 is 2.53 bits per heavy atom. The highest BCUT2D eigenvalue weighted by atomic mass is 16.6. The quantitative estimate of drug-likeness (QED) is 0.342. The second-order valence-corrected chi connectivity index (χ2v) is 4.91. The first-order valence-electron chi connectivity index (χ1n) is 5.84. The maximum absolute atomic E-state index is 10.9. The van der Waals surface area contributed by atoms with E-state index in [1.807, 2.05) is 20.8 Å². The van der Waals surface area contributed by atoms with Gasteiger partial charge in [0.25, 0.3) is 5.69 Å². The molecule has 0 radical (unpaired) electrons. The molecule has 6 heteroatoms. The number of nitro benzene ring substituents is 1. The number of carbonyl (C=O) groups excluding carboxylic acids is 1. The first kappa shape index (κ1) is 15.1. The van der Waals surface area contributed by atoms with E-state index >= 15 is 0 Å². The van der Waals surface area contributed by atoms with Crippen LogP contribution in [0.5, 0.6) is 5.75 Å². The molecule has 0 saturated heterocycles. The largest absolute Gasteiger partial charge is 0.490 e. The number of nitrogens with zero attached hydrogens (tertiary/aromatic N) is 1. The fourth-order valence-electron chi connectivity index (χ4n) is 1.37. The number of carbonyl (C=O) groups is 1. The number of aldehydes is 1. The molecule has 0 aromatic heterocycles. The topological polar surface area (TPSA) is 78.7 Å². The molecule has 6 nitrogen and oxygen atoms in total. The van der Waals surface area contributed by atoms with Gasteiger partial charge in [0.05, 0.1) is 22.7 Å². The Labute approximate surface area is 111 Å². The van der Waals surface area contributed by atoms with Gasteiger partial charge in [-0.1, -0.05) is 0 Å². The maximum Gasteiger partial charge on any atom is 0.270 e. The SMILES string of the molecule is CC(C)(C)OCCOc1ccc([N+](=O)[O-])cc1C=O. The van der Waals surface area contributed by atoms with Crippen molar-refractivity contribution in [1.29, 1.82) is 0 Å². The highest BCUT2D eigenvalue weighted by molar-refractivity contribution is 5.80. The molecule has 0 aliphatic carbocycles. The summed E-state index contributed by atoms with van der Waals surface area (Å²) < 4.78 is 10.8. The molecule has 0 amide bonds. The number of hydrogen-bond acceptors (Lipinski definition) is 5. The lowest BCUT2D eigenvalue weighted by molar-refractivity contribution is -0.384. The average Bonchev–Trinajstić information content (AvgIpc) is 2.33. The van der Waals surface area contributed by atoms with Gasteiger partial charge in [-0.15, -0.1) is 0 Å². The molecule has 0 aliphatic rings. The van der Waals surface area contributed by atoms with Gasteiger partial charge >= 0.3 is 0 Å². The van der Waals surface area contributed by atoms with Gasteiger partial charge in [0.2, 0.25) is 0 Å². The van der Waals surface area contributed by atoms with Crippen LogP contribution < -0.4 is 4.74 Å². The van der Waals surface area contributed by atoms with E-state index in [0.29, 0.717) is 18.6 Å². The van der Waals surface area contributed by atoms with Gasteiger partial charge in [-0.3, -0.25) is 14.9 Å². The predicted molar refractivity (Wildman–Crippen MR) is 69.7 cm³/mol. The first-order chi connectivity index (χ1) is 8.83. The lowest BCUT2D eigenvalue weighted by atomic mass is 10.2. The minimum Gasteiger partial charge on any atom is -0.490 e. The maximum atomic E-state index is 10.9. The van der Waals surface area contributed by atoms with Crippen molar-refractivity contribution in [2.24, 2.45) is 0 Å². The summed E-state index contributed by atoms with van der Waals surface area (Å²) in [6.45, 7) is 6.43. The van der Waals surface area contributed by atoms with Crippen LogP contribution in [0.2, 0.25) is 0 Å². The number of ether oxygens (including phenoxy) is 2. The average molecular weight is 267 g/mol. The van der Waals surface area contributed by atoms with E-state index in [1.165, 1.54) is 18.2 Å². The molecule has 0 N–H and O–H groups in total. The lowest BCUT2D eigenvalue weighted by Crippen LogP contribution is -2.22. The van der Waals surface area contributed by atoms with Crippen LogP contribution in [0.4, 0.5) is 5.69 Å². The second kappa shape index (κ2) is 6.29. The standard InChI is InChI=1S/C13H17NO5/c1-13(2,3)19-7-6-18-12-5-4-11(14(16)17)8-10(12)9-15/h4-5,8-9H,6-7H2,1-3H3. The van der Waals surface area contributed by atoms with E-state index in [9.17, 15) is 14.9 Å². The van der Waals surface area contributed by atoms with Gasteiger partial charge in [-0.05, 0) is 26.8 Å². The molecule has 1 aromatic carbocycles. The van der Waals surface area contributed by atoms with Crippen molar-refractivity contribution >= 4 is 12.0 Å². The molecule has 0 aliphatic heterocycles. The molecule has 0 atom stereocenters. The summed E-state index contributed by atoms with van der Waals surface area (Å²) in [4.78, 5) is 20.9. The molecule has 0 unspecified atom stereocenters. The molecular weight excluding hydrogens is 250 g/mol. The molecule has 0 heterocycles. The Kier molecular flexibility index (Phi) is 5.00. The summed E-state index contributed by atoms with van der Waals surface area (Å²) in [5, 5.41) is 10.6. The summed E-state index contributed by atoms with van der Waals surface area (Å²) in [5.41, 5.74) is -0.239.